The number of aliphatic carboxylic acids is 1. The van der Waals surface area contributed by atoms with E-state index in [4.69, 9.17) is 23.9 Å². The quantitative estimate of drug-likeness (QED) is 0.180. The summed E-state index contributed by atoms with van der Waals surface area (Å²) in [6.45, 7) is 8.04. The average molecular weight is 752 g/mol. The molecule has 0 radical (unpaired) electrons. The number of methoxy groups -OCH3 is 1. The van der Waals surface area contributed by atoms with Crippen LogP contribution in [-0.4, -0.2) is 95.4 Å². The Morgan fingerprint density at radius 2 is 1.76 bits per heavy atom. The van der Waals surface area contributed by atoms with Gasteiger partial charge >= 0.3 is 18.1 Å². The fraction of sp³-hybridized carbons (Fsp3) is 0.487. The lowest BCUT2D eigenvalue weighted by molar-refractivity contribution is -0.140. The molecule has 4 atom stereocenters. The minimum Gasteiger partial charge on any atom is -0.480 e. The van der Waals surface area contributed by atoms with E-state index in [1.54, 1.807) is 38.7 Å². The number of ether oxygens (including phenoxy) is 4. The van der Waals surface area contributed by atoms with Gasteiger partial charge in [-0.25, -0.2) is 18.0 Å². The molecule has 54 heavy (non-hydrogen) atoms. The van der Waals surface area contributed by atoms with Crippen molar-refractivity contribution in [2.24, 2.45) is 0 Å². The summed E-state index contributed by atoms with van der Waals surface area (Å²) in [5, 5.41) is 13.5. The van der Waals surface area contributed by atoms with Crippen LogP contribution in [0.25, 0.3) is 32.8 Å². The van der Waals surface area contributed by atoms with Gasteiger partial charge in [0.05, 0.1) is 17.6 Å². The number of benzene rings is 3. The Morgan fingerprint density at radius 3 is 2.43 bits per heavy atom. The smallest absolute Gasteiger partial charge is 0.410 e. The van der Waals surface area contributed by atoms with Gasteiger partial charge in [0.1, 0.15) is 46.5 Å². The number of carbonyl (C=O) groups excluding carboxylic acids is 1. The van der Waals surface area contributed by atoms with Crippen LogP contribution in [0, 0.1) is 17.5 Å². The normalized spacial score (nSPS) is 21.5. The molecule has 1 amide bonds. The summed E-state index contributed by atoms with van der Waals surface area (Å²) in [7, 11) is 1.45. The predicted molar refractivity (Wildman–Crippen MR) is 194 cm³/mol. The van der Waals surface area contributed by atoms with Crippen molar-refractivity contribution in [3.8, 4) is 22.9 Å². The molecule has 3 aliphatic rings. The topological polar surface area (TPSA) is 136 Å². The maximum absolute atomic E-state index is 17.3. The van der Waals surface area contributed by atoms with Crippen LogP contribution >= 0.6 is 0 Å². The van der Waals surface area contributed by atoms with E-state index in [1.807, 2.05) is 4.90 Å². The first kappa shape index (κ1) is 37.4. The largest absolute Gasteiger partial charge is 0.480 e. The molecule has 0 spiro atoms. The number of carboxylic acid groups (broad SMARTS) is 1. The average Bonchev–Trinajstić information content (AvgIpc) is 3.39. The van der Waals surface area contributed by atoms with Gasteiger partial charge in [0.15, 0.2) is 12.6 Å². The molecule has 2 unspecified atom stereocenters. The molecule has 288 valence electrons. The Kier molecular flexibility index (Phi) is 10.2. The van der Waals surface area contributed by atoms with Crippen LogP contribution in [0.5, 0.6) is 11.8 Å². The zero-order valence-electron chi connectivity index (χ0n) is 30.9. The number of aryl methyl sites for hydroxylation is 1. The summed E-state index contributed by atoms with van der Waals surface area (Å²) in [5.74, 6) is -3.00. The van der Waals surface area contributed by atoms with Crippen LogP contribution in [0.4, 0.5) is 23.8 Å². The van der Waals surface area contributed by atoms with Gasteiger partial charge in [-0.2, -0.15) is 9.97 Å². The van der Waals surface area contributed by atoms with Crippen LogP contribution in [0.2, 0.25) is 0 Å². The lowest BCUT2D eigenvalue weighted by Crippen LogP contribution is -2.57. The van der Waals surface area contributed by atoms with E-state index in [2.05, 4.69) is 10.3 Å². The SMILES string of the molecule is CCc1c(F)ccc2cc(OCOC)cc(-c3c(F)cc4c(N5C[C@H]6CC[C@@H](C5)N6C(=O)OC(C)(C)C)nc(OC5CCNC(C(=O)O)C5)nc4c3F)c12. The van der Waals surface area contributed by atoms with Gasteiger partial charge in [-0.15, -0.1) is 0 Å². The number of nitrogens with zero attached hydrogens (tertiary/aromatic N) is 4. The first-order chi connectivity index (χ1) is 25.8. The number of hydrogen-bond acceptors (Lipinski definition) is 10. The first-order valence-corrected chi connectivity index (χ1v) is 18.2. The third-order valence-electron chi connectivity index (χ3n) is 10.3. The monoisotopic (exact) mass is 751 g/mol. The molecule has 15 heteroatoms. The van der Waals surface area contributed by atoms with Gasteiger partial charge in [0.25, 0.3) is 0 Å². The van der Waals surface area contributed by atoms with E-state index in [0.717, 1.165) is 0 Å². The molecule has 3 fully saturated rings. The maximum Gasteiger partial charge on any atom is 0.410 e. The van der Waals surface area contributed by atoms with Crippen molar-refractivity contribution in [3.05, 3.63) is 53.3 Å². The van der Waals surface area contributed by atoms with E-state index in [9.17, 15) is 14.7 Å². The van der Waals surface area contributed by atoms with Gasteiger partial charge in [-0.1, -0.05) is 13.0 Å². The Morgan fingerprint density at radius 1 is 1.02 bits per heavy atom. The zero-order valence-corrected chi connectivity index (χ0v) is 30.9. The third-order valence-corrected chi connectivity index (χ3v) is 10.3. The predicted octanol–water partition coefficient (Wildman–Crippen LogP) is 6.58. The molecule has 1 aromatic heterocycles. The fourth-order valence-electron chi connectivity index (χ4n) is 7.96. The number of aromatic nitrogens is 2. The van der Waals surface area contributed by atoms with E-state index < -0.39 is 52.8 Å². The molecule has 3 aliphatic heterocycles. The van der Waals surface area contributed by atoms with Crippen molar-refractivity contribution in [3.63, 3.8) is 0 Å². The Balaban J connectivity index is 1.38. The number of carbonyl (C=O) groups is 2. The molecule has 7 rings (SSSR count). The van der Waals surface area contributed by atoms with E-state index in [0.29, 0.717) is 49.7 Å². The molecular formula is C39H44F3N5O7. The minimum absolute atomic E-state index is 0.0705. The van der Waals surface area contributed by atoms with Crippen molar-refractivity contribution in [1.82, 2.24) is 20.2 Å². The molecule has 4 aromatic rings. The molecule has 12 nitrogen and oxygen atoms in total. The second-order valence-electron chi connectivity index (χ2n) is 15.1. The standard InChI is InChI=1S/C39H44F3N5O7/c1-6-25-28(40)10-7-20-13-24(52-19-51-5)14-26(31(20)25)32-29(41)16-27-34(33(32)42)44-37(53-23-11-12-43-30(15-23)36(48)49)45-35(27)46-17-21-8-9-22(18-46)47(21)38(50)54-39(2,3)4/h7,10,13-14,16,21-23,30,43H,6,8-9,11-12,15,17-19H2,1-5H3,(H,48,49)/t21-,22+,23?,30?. The summed E-state index contributed by atoms with van der Waals surface area (Å²) in [4.78, 5) is 37.9. The molecule has 0 saturated carbocycles. The molecule has 3 aromatic carbocycles. The number of rotatable bonds is 9. The molecule has 2 bridgehead atoms. The van der Waals surface area contributed by atoms with Gasteiger partial charge in [-0.05, 0) is 99.2 Å². The number of nitrogens with one attached hydrogen (secondary N) is 1. The van der Waals surface area contributed by atoms with Crippen molar-refractivity contribution < 1.29 is 46.8 Å². The summed E-state index contributed by atoms with van der Waals surface area (Å²) >= 11 is 0. The van der Waals surface area contributed by atoms with E-state index in [-0.39, 0.29) is 71.3 Å². The van der Waals surface area contributed by atoms with E-state index >= 15 is 13.2 Å². The van der Waals surface area contributed by atoms with Crippen molar-refractivity contribution >= 4 is 39.6 Å². The highest BCUT2D eigenvalue weighted by Gasteiger charge is 2.45. The van der Waals surface area contributed by atoms with Crippen LogP contribution in [0.1, 0.15) is 58.9 Å². The summed E-state index contributed by atoms with van der Waals surface area (Å²) < 4.78 is 71.9. The maximum atomic E-state index is 17.3. The van der Waals surface area contributed by atoms with Crippen molar-refractivity contribution in [2.75, 3.05) is 38.4 Å². The number of carboxylic acids is 1. The number of piperazine rings is 1. The summed E-state index contributed by atoms with van der Waals surface area (Å²) in [6, 6.07) is 5.60. The van der Waals surface area contributed by atoms with Crippen molar-refractivity contribution in [2.45, 2.75) is 89.6 Å². The molecule has 4 heterocycles. The van der Waals surface area contributed by atoms with Crippen LogP contribution in [0.15, 0.2) is 30.3 Å². The minimum atomic E-state index is -1.03. The molecule has 2 N–H and O–H groups in total. The van der Waals surface area contributed by atoms with Gasteiger partial charge in [0, 0.05) is 32.0 Å². The highest BCUT2D eigenvalue weighted by Crippen LogP contribution is 2.43. The Hall–Kier alpha value is -4.89. The summed E-state index contributed by atoms with van der Waals surface area (Å²) in [5.41, 5.74) is -1.00. The lowest BCUT2D eigenvalue weighted by atomic mass is 9.91. The second-order valence-corrected chi connectivity index (χ2v) is 15.1. The highest BCUT2D eigenvalue weighted by atomic mass is 19.1. The van der Waals surface area contributed by atoms with Gasteiger partial charge in [0.2, 0.25) is 0 Å². The molecule has 0 aliphatic carbocycles. The number of halogens is 3. The number of amides is 1. The Bertz CT molecular complexity index is 2100. The van der Waals surface area contributed by atoms with Gasteiger partial charge < -0.3 is 34.3 Å². The third kappa shape index (κ3) is 7.18. The van der Waals surface area contributed by atoms with Crippen LogP contribution in [-0.2, 0) is 20.7 Å². The first-order valence-electron chi connectivity index (χ1n) is 18.2. The van der Waals surface area contributed by atoms with Crippen molar-refractivity contribution in [1.29, 1.82) is 0 Å². The van der Waals surface area contributed by atoms with Crippen LogP contribution < -0.4 is 19.7 Å². The van der Waals surface area contributed by atoms with Crippen LogP contribution in [0.3, 0.4) is 0 Å². The zero-order chi connectivity index (χ0) is 38.5. The second kappa shape index (κ2) is 14.7. The number of anilines is 1. The fourth-order valence-corrected chi connectivity index (χ4v) is 7.96. The van der Waals surface area contributed by atoms with E-state index in [1.165, 1.54) is 31.4 Å². The number of fused-ring (bicyclic) bond motifs is 4. The molecular weight excluding hydrogens is 707 g/mol. The number of piperidine rings is 1. The lowest BCUT2D eigenvalue weighted by Gasteiger charge is -2.42. The molecule has 3 saturated heterocycles. The highest BCUT2D eigenvalue weighted by molar-refractivity contribution is 6.03. The summed E-state index contributed by atoms with van der Waals surface area (Å²) in [6.07, 6.45) is 1.20. The Labute approximate surface area is 310 Å². The number of hydrogen-bond donors (Lipinski definition) is 2. The van der Waals surface area contributed by atoms with Gasteiger partial charge in [-0.3, -0.25) is 9.69 Å².